The Kier molecular flexibility index (Phi) is 9.39. The molecule has 0 bridgehead atoms. The van der Waals surface area contributed by atoms with Crippen molar-refractivity contribution in [2.75, 3.05) is 0 Å². The van der Waals surface area contributed by atoms with Crippen LogP contribution in [0.15, 0.2) is 18.2 Å². The summed E-state index contributed by atoms with van der Waals surface area (Å²) >= 11 is 0. The van der Waals surface area contributed by atoms with E-state index in [1.807, 2.05) is 6.07 Å². The second-order valence-corrected chi connectivity index (χ2v) is 10.0. The molecule has 2 rings (SSSR count). The smallest absolute Gasteiger partial charge is 0.309 e. The third-order valence-corrected chi connectivity index (χ3v) is 6.96. The Morgan fingerprint density at radius 2 is 1.52 bits per heavy atom. The van der Waals surface area contributed by atoms with Crippen LogP contribution in [-0.4, -0.2) is 27.3 Å². The summed E-state index contributed by atoms with van der Waals surface area (Å²) in [5.41, 5.74) is 1.21. The number of benzene rings is 1. The van der Waals surface area contributed by atoms with Gasteiger partial charge >= 0.3 is 11.9 Å². The van der Waals surface area contributed by atoms with Crippen LogP contribution in [0.4, 0.5) is 0 Å². The van der Waals surface area contributed by atoms with E-state index in [-0.39, 0.29) is 0 Å². The third kappa shape index (κ3) is 7.86. The normalized spacial score (nSPS) is 15.0. The molecule has 0 atom stereocenters. The zero-order valence-electron chi connectivity index (χ0n) is 19.3. The number of aromatic hydroxyl groups is 1. The summed E-state index contributed by atoms with van der Waals surface area (Å²) in [7, 11) is 0. The number of aryl methyl sites for hydroxylation is 1. The van der Waals surface area contributed by atoms with E-state index in [0.717, 1.165) is 89.0 Å². The molecule has 174 valence electrons. The first-order valence-electron chi connectivity index (χ1n) is 11.9. The molecule has 0 aromatic heterocycles. The Morgan fingerprint density at radius 3 is 2.13 bits per heavy atom. The van der Waals surface area contributed by atoms with E-state index in [1.165, 1.54) is 5.56 Å². The maximum absolute atomic E-state index is 11.2. The first-order chi connectivity index (χ1) is 14.7. The van der Waals surface area contributed by atoms with Crippen molar-refractivity contribution in [3.05, 3.63) is 29.3 Å². The Hall–Kier alpha value is -2.04. The molecule has 0 spiro atoms. The van der Waals surface area contributed by atoms with Crippen LogP contribution in [-0.2, 0) is 22.4 Å². The lowest BCUT2D eigenvalue weighted by atomic mass is 9.87. The van der Waals surface area contributed by atoms with Crippen molar-refractivity contribution in [1.82, 2.24) is 0 Å². The molecule has 1 aliphatic carbocycles. The van der Waals surface area contributed by atoms with Gasteiger partial charge in [0.1, 0.15) is 5.75 Å². The van der Waals surface area contributed by atoms with Crippen molar-refractivity contribution in [2.45, 2.75) is 104 Å². The van der Waals surface area contributed by atoms with Gasteiger partial charge in [-0.1, -0.05) is 50.7 Å². The van der Waals surface area contributed by atoms with Gasteiger partial charge in [-0.05, 0) is 82.4 Å². The van der Waals surface area contributed by atoms with E-state index in [4.69, 9.17) is 0 Å². The topological polar surface area (TPSA) is 94.8 Å². The Bertz CT molecular complexity index is 733. The molecule has 3 N–H and O–H groups in total. The number of carboxylic acids is 2. The van der Waals surface area contributed by atoms with Gasteiger partial charge in [-0.15, -0.1) is 0 Å². The molecule has 0 unspecified atom stereocenters. The van der Waals surface area contributed by atoms with Gasteiger partial charge in [-0.25, -0.2) is 0 Å². The molecule has 0 amide bonds. The fourth-order valence-corrected chi connectivity index (χ4v) is 4.33. The molecule has 5 nitrogen and oxygen atoms in total. The lowest BCUT2D eigenvalue weighted by Gasteiger charge is -2.18. The highest BCUT2D eigenvalue weighted by Crippen LogP contribution is 2.50. The maximum atomic E-state index is 11.2. The van der Waals surface area contributed by atoms with Crippen molar-refractivity contribution in [2.24, 2.45) is 10.8 Å². The molecule has 5 heteroatoms. The summed E-state index contributed by atoms with van der Waals surface area (Å²) in [5.74, 6) is -0.980. The average Bonchev–Trinajstić information content (AvgIpc) is 3.50. The van der Waals surface area contributed by atoms with E-state index >= 15 is 0 Å². The molecule has 1 aromatic carbocycles. The van der Waals surface area contributed by atoms with Crippen LogP contribution in [0.3, 0.4) is 0 Å². The van der Waals surface area contributed by atoms with Crippen molar-refractivity contribution >= 4 is 11.9 Å². The van der Waals surface area contributed by atoms with Gasteiger partial charge in [-0.3, -0.25) is 9.59 Å². The van der Waals surface area contributed by atoms with Gasteiger partial charge in [0.25, 0.3) is 0 Å². The van der Waals surface area contributed by atoms with Crippen LogP contribution in [0.2, 0.25) is 0 Å². The second-order valence-electron chi connectivity index (χ2n) is 10.0. The molecule has 1 saturated carbocycles. The van der Waals surface area contributed by atoms with Gasteiger partial charge in [0.2, 0.25) is 0 Å². The van der Waals surface area contributed by atoms with Crippen molar-refractivity contribution in [3.63, 3.8) is 0 Å². The number of phenols is 1. The SMILES string of the molecule is CC(C)(CCCCCCc1cccc(O)c1CCCCCCC1(C(=O)O)CC1)C(=O)O. The third-order valence-electron chi connectivity index (χ3n) is 6.96. The second kappa shape index (κ2) is 11.5. The highest BCUT2D eigenvalue weighted by atomic mass is 16.4. The largest absolute Gasteiger partial charge is 0.508 e. The molecule has 1 aliphatic rings. The average molecular weight is 433 g/mol. The summed E-state index contributed by atoms with van der Waals surface area (Å²) in [6, 6.07) is 5.77. The van der Waals surface area contributed by atoms with E-state index < -0.39 is 22.8 Å². The van der Waals surface area contributed by atoms with Gasteiger partial charge in [-0.2, -0.15) is 0 Å². The summed E-state index contributed by atoms with van der Waals surface area (Å²) in [6.45, 7) is 3.56. The molecule has 0 saturated heterocycles. The lowest BCUT2D eigenvalue weighted by Crippen LogP contribution is -2.23. The van der Waals surface area contributed by atoms with Crippen LogP contribution >= 0.6 is 0 Å². The highest BCUT2D eigenvalue weighted by Gasteiger charge is 2.49. The molecule has 0 radical (unpaired) electrons. The number of unbranched alkanes of at least 4 members (excludes halogenated alkanes) is 6. The summed E-state index contributed by atoms with van der Waals surface area (Å²) in [6.07, 6.45) is 13.1. The number of rotatable bonds is 16. The summed E-state index contributed by atoms with van der Waals surface area (Å²) in [4.78, 5) is 22.4. The predicted molar refractivity (Wildman–Crippen MR) is 122 cm³/mol. The molecular weight excluding hydrogens is 392 g/mol. The minimum atomic E-state index is -0.731. The summed E-state index contributed by atoms with van der Waals surface area (Å²) < 4.78 is 0. The zero-order chi connectivity index (χ0) is 22.9. The first-order valence-corrected chi connectivity index (χ1v) is 11.9. The van der Waals surface area contributed by atoms with Gasteiger partial charge < -0.3 is 15.3 Å². The van der Waals surface area contributed by atoms with Crippen LogP contribution in [0.1, 0.15) is 102 Å². The first kappa shape index (κ1) is 25.2. The van der Waals surface area contributed by atoms with Crippen molar-refractivity contribution < 1.29 is 24.9 Å². The number of phenolic OH excluding ortho intramolecular Hbond substituents is 1. The van der Waals surface area contributed by atoms with Gasteiger partial charge in [0.05, 0.1) is 10.8 Å². The van der Waals surface area contributed by atoms with Crippen molar-refractivity contribution in [3.8, 4) is 5.75 Å². The molecule has 0 aliphatic heterocycles. The standard InChI is InChI=1S/C26H40O5/c1-25(2,23(28)29)16-9-5-3-7-12-20-13-11-15-22(27)21(20)14-8-4-6-10-17-26(18-19-26)24(30)31/h11,13,15,27H,3-10,12,14,16-19H2,1-2H3,(H,28,29)(H,30,31). The van der Waals surface area contributed by atoms with Crippen LogP contribution in [0.25, 0.3) is 0 Å². The van der Waals surface area contributed by atoms with Gasteiger partial charge in [0, 0.05) is 0 Å². The number of carbonyl (C=O) groups is 2. The van der Waals surface area contributed by atoms with Gasteiger partial charge in [0.15, 0.2) is 0 Å². The van der Waals surface area contributed by atoms with E-state index in [1.54, 1.807) is 19.9 Å². The van der Waals surface area contributed by atoms with E-state index in [2.05, 4.69) is 6.07 Å². The Balaban J connectivity index is 1.66. The maximum Gasteiger partial charge on any atom is 0.309 e. The highest BCUT2D eigenvalue weighted by molar-refractivity contribution is 5.77. The Morgan fingerprint density at radius 1 is 0.903 bits per heavy atom. The minimum absolute atomic E-state index is 0.378. The van der Waals surface area contributed by atoms with Crippen LogP contribution in [0.5, 0.6) is 5.75 Å². The Labute approximate surface area is 186 Å². The molecule has 0 heterocycles. The van der Waals surface area contributed by atoms with Crippen molar-refractivity contribution in [1.29, 1.82) is 0 Å². The number of carboxylic acid groups (broad SMARTS) is 2. The van der Waals surface area contributed by atoms with Crippen LogP contribution < -0.4 is 0 Å². The number of hydrogen-bond donors (Lipinski definition) is 3. The number of aliphatic carboxylic acids is 2. The minimum Gasteiger partial charge on any atom is -0.508 e. The van der Waals surface area contributed by atoms with Crippen LogP contribution in [0, 0.1) is 10.8 Å². The molecule has 1 aromatic rings. The monoisotopic (exact) mass is 432 g/mol. The fourth-order valence-electron chi connectivity index (χ4n) is 4.33. The quantitative estimate of drug-likeness (QED) is 0.264. The summed E-state index contributed by atoms with van der Waals surface area (Å²) in [5, 5.41) is 28.8. The fraction of sp³-hybridized carbons (Fsp3) is 0.692. The van der Waals surface area contributed by atoms with E-state index in [9.17, 15) is 24.9 Å². The van der Waals surface area contributed by atoms with E-state index in [0.29, 0.717) is 12.2 Å². The lowest BCUT2D eigenvalue weighted by molar-refractivity contribution is -0.147. The zero-order valence-corrected chi connectivity index (χ0v) is 19.3. The molecular formula is C26H40O5. The predicted octanol–water partition coefficient (Wildman–Crippen LogP) is 6.35. The molecule has 1 fully saturated rings. The molecule has 31 heavy (non-hydrogen) atoms. The number of hydrogen-bond acceptors (Lipinski definition) is 3.